The Labute approximate surface area is 99.2 Å². The van der Waals surface area contributed by atoms with Gasteiger partial charge in [0.2, 0.25) is 0 Å². The lowest BCUT2D eigenvalue weighted by molar-refractivity contribution is 0.483. The van der Waals surface area contributed by atoms with Crippen LogP contribution in [0.4, 0.5) is 0 Å². The molecule has 0 radical (unpaired) electrons. The standard InChI is InChI=1S/C10H10N2O3S.H3N/c13-16(14,15)10-4-1-3-9(7-10)8-12-6-2-5-11-12;/h1-7H,8H2,(H,13,14,15);1H3. The van der Waals surface area contributed by atoms with Crippen LogP contribution in [-0.2, 0) is 16.7 Å². The molecule has 0 aliphatic heterocycles. The van der Waals surface area contributed by atoms with E-state index < -0.39 is 10.1 Å². The van der Waals surface area contributed by atoms with Gasteiger partial charge in [-0.2, -0.15) is 13.5 Å². The Morgan fingerprint density at radius 1 is 1.29 bits per heavy atom. The van der Waals surface area contributed by atoms with Crippen molar-refractivity contribution in [2.75, 3.05) is 0 Å². The SMILES string of the molecule is N.O=S(=O)(O)c1cccc(Cn2cccn2)c1. The summed E-state index contributed by atoms with van der Waals surface area (Å²) in [6.45, 7) is 0.469. The summed E-state index contributed by atoms with van der Waals surface area (Å²) in [7, 11) is -4.13. The zero-order valence-corrected chi connectivity index (χ0v) is 9.84. The zero-order valence-electron chi connectivity index (χ0n) is 9.02. The molecule has 1 aromatic heterocycles. The topological polar surface area (TPSA) is 107 Å². The van der Waals surface area contributed by atoms with Crippen LogP contribution in [0.3, 0.4) is 0 Å². The second kappa shape index (κ2) is 5.09. The Kier molecular flexibility index (Phi) is 4.00. The third-order valence-electron chi connectivity index (χ3n) is 2.10. The lowest BCUT2D eigenvalue weighted by atomic mass is 10.2. The van der Waals surface area contributed by atoms with Crippen molar-refractivity contribution in [2.24, 2.45) is 0 Å². The van der Waals surface area contributed by atoms with Gasteiger partial charge in [-0.15, -0.1) is 0 Å². The molecule has 7 heteroatoms. The van der Waals surface area contributed by atoms with Crippen molar-refractivity contribution >= 4 is 10.1 Å². The molecule has 4 N–H and O–H groups in total. The highest BCUT2D eigenvalue weighted by Crippen LogP contribution is 2.11. The minimum atomic E-state index is -4.13. The molecule has 0 saturated heterocycles. The Bertz CT molecular complexity index is 579. The number of hydrogen-bond donors (Lipinski definition) is 2. The van der Waals surface area contributed by atoms with Gasteiger partial charge in [-0.05, 0) is 23.8 Å². The molecule has 92 valence electrons. The van der Waals surface area contributed by atoms with Crippen LogP contribution in [0, 0.1) is 0 Å². The molecule has 6 nitrogen and oxygen atoms in total. The van der Waals surface area contributed by atoms with Gasteiger partial charge in [0, 0.05) is 12.4 Å². The van der Waals surface area contributed by atoms with Gasteiger partial charge >= 0.3 is 0 Å². The van der Waals surface area contributed by atoms with Crippen molar-refractivity contribution in [3.8, 4) is 0 Å². The lowest BCUT2D eigenvalue weighted by Crippen LogP contribution is -2.03. The first-order chi connectivity index (χ1) is 7.55. The highest BCUT2D eigenvalue weighted by molar-refractivity contribution is 7.85. The van der Waals surface area contributed by atoms with Gasteiger partial charge < -0.3 is 6.15 Å². The van der Waals surface area contributed by atoms with Crippen molar-refractivity contribution in [3.63, 3.8) is 0 Å². The van der Waals surface area contributed by atoms with E-state index in [-0.39, 0.29) is 11.0 Å². The average molecular weight is 255 g/mol. The smallest absolute Gasteiger partial charge is 0.294 e. The molecule has 0 atom stereocenters. The van der Waals surface area contributed by atoms with Gasteiger partial charge in [-0.25, -0.2) is 0 Å². The zero-order chi connectivity index (χ0) is 11.6. The van der Waals surface area contributed by atoms with Gasteiger partial charge in [0.15, 0.2) is 0 Å². The quantitative estimate of drug-likeness (QED) is 0.805. The van der Waals surface area contributed by atoms with Crippen LogP contribution < -0.4 is 6.15 Å². The summed E-state index contributed by atoms with van der Waals surface area (Å²) in [5, 5.41) is 4.01. The second-order valence-corrected chi connectivity index (χ2v) is 4.75. The van der Waals surface area contributed by atoms with E-state index in [1.165, 1.54) is 12.1 Å². The van der Waals surface area contributed by atoms with Crippen LogP contribution in [0.25, 0.3) is 0 Å². The van der Waals surface area contributed by atoms with E-state index in [9.17, 15) is 8.42 Å². The molecule has 0 aliphatic carbocycles. The fourth-order valence-electron chi connectivity index (χ4n) is 1.39. The van der Waals surface area contributed by atoms with E-state index in [2.05, 4.69) is 5.10 Å². The summed E-state index contributed by atoms with van der Waals surface area (Å²) in [5.74, 6) is 0. The predicted octanol–water partition coefficient (Wildman–Crippen LogP) is 1.34. The summed E-state index contributed by atoms with van der Waals surface area (Å²) in [4.78, 5) is -0.0999. The first-order valence-corrected chi connectivity index (χ1v) is 6.03. The molecular formula is C10H13N3O3S. The molecule has 0 unspecified atom stereocenters. The highest BCUT2D eigenvalue weighted by atomic mass is 32.2. The highest BCUT2D eigenvalue weighted by Gasteiger charge is 2.09. The number of rotatable bonds is 3. The first kappa shape index (κ1) is 13.4. The molecule has 1 aromatic carbocycles. The minimum Gasteiger partial charge on any atom is -0.344 e. The molecule has 1 heterocycles. The van der Waals surface area contributed by atoms with Crippen LogP contribution in [0.2, 0.25) is 0 Å². The van der Waals surface area contributed by atoms with E-state index in [0.29, 0.717) is 6.54 Å². The van der Waals surface area contributed by atoms with Crippen LogP contribution in [0.15, 0.2) is 47.6 Å². The van der Waals surface area contributed by atoms with E-state index in [0.717, 1.165) is 5.56 Å². The Balaban J connectivity index is 0.00000144. The Hall–Kier alpha value is -1.70. The second-order valence-electron chi connectivity index (χ2n) is 3.33. The molecule has 0 spiro atoms. The van der Waals surface area contributed by atoms with Gasteiger partial charge in [-0.1, -0.05) is 12.1 Å². The fraction of sp³-hybridized carbons (Fsp3) is 0.100. The monoisotopic (exact) mass is 255 g/mol. The third-order valence-corrected chi connectivity index (χ3v) is 2.95. The minimum absolute atomic E-state index is 0. The molecule has 0 saturated carbocycles. The summed E-state index contributed by atoms with van der Waals surface area (Å²) in [5.41, 5.74) is 0.763. The van der Waals surface area contributed by atoms with Crippen LogP contribution in [-0.4, -0.2) is 22.8 Å². The number of nitrogens with zero attached hydrogens (tertiary/aromatic N) is 2. The van der Waals surface area contributed by atoms with Crippen molar-refractivity contribution in [1.82, 2.24) is 15.9 Å². The van der Waals surface area contributed by atoms with E-state index in [4.69, 9.17) is 4.55 Å². The summed E-state index contributed by atoms with van der Waals surface area (Å²) < 4.78 is 32.4. The summed E-state index contributed by atoms with van der Waals surface area (Å²) in [6.07, 6.45) is 3.42. The van der Waals surface area contributed by atoms with E-state index in [1.807, 2.05) is 0 Å². The normalized spacial score (nSPS) is 10.9. The number of benzene rings is 1. The van der Waals surface area contributed by atoms with Gasteiger partial charge in [0.25, 0.3) is 10.1 Å². The van der Waals surface area contributed by atoms with Crippen LogP contribution in [0.5, 0.6) is 0 Å². The van der Waals surface area contributed by atoms with E-state index >= 15 is 0 Å². The Morgan fingerprint density at radius 3 is 2.65 bits per heavy atom. The maximum Gasteiger partial charge on any atom is 0.294 e. The van der Waals surface area contributed by atoms with Crippen molar-refractivity contribution in [3.05, 3.63) is 48.3 Å². The molecule has 17 heavy (non-hydrogen) atoms. The van der Waals surface area contributed by atoms with E-state index in [1.54, 1.807) is 35.3 Å². The van der Waals surface area contributed by atoms with Gasteiger partial charge in [0.05, 0.1) is 11.4 Å². The maximum absolute atomic E-state index is 10.9. The lowest BCUT2D eigenvalue weighted by Gasteiger charge is -2.03. The molecule has 0 aliphatic rings. The largest absolute Gasteiger partial charge is 0.344 e. The van der Waals surface area contributed by atoms with Gasteiger partial charge in [0.1, 0.15) is 0 Å². The van der Waals surface area contributed by atoms with Crippen molar-refractivity contribution in [1.29, 1.82) is 0 Å². The van der Waals surface area contributed by atoms with Crippen molar-refractivity contribution < 1.29 is 13.0 Å². The molecule has 2 aromatic rings. The van der Waals surface area contributed by atoms with Crippen LogP contribution >= 0.6 is 0 Å². The molecular weight excluding hydrogens is 242 g/mol. The third kappa shape index (κ3) is 3.38. The Morgan fingerprint density at radius 2 is 2.06 bits per heavy atom. The van der Waals surface area contributed by atoms with Gasteiger partial charge in [-0.3, -0.25) is 9.23 Å². The molecule has 0 fully saturated rings. The summed E-state index contributed by atoms with van der Waals surface area (Å²) >= 11 is 0. The number of aromatic nitrogens is 2. The average Bonchev–Trinajstić information content (AvgIpc) is 2.70. The molecule has 0 bridgehead atoms. The molecule has 2 rings (SSSR count). The number of hydrogen-bond acceptors (Lipinski definition) is 4. The molecule has 0 amide bonds. The first-order valence-electron chi connectivity index (χ1n) is 4.59. The van der Waals surface area contributed by atoms with Crippen LogP contribution in [0.1, 0.15) is 5.56 Å². The summed E-state index contributed by atoms with van der Waals surface area (Å²) in [6, 6.07) is 7.92. The fourth-order valence-corrected chi connectivity index (χ4v) is 1.94. The maximum atomic E-state index is 10.9. The predicted molar refractivity (Wildman–Crippen MR) is 62.6 cm³/mol. The van der Waals surface area contributed by atoms with Crippen molar-refractivity contribution in [2.45, 2.75) is 11.4 Å².